The number of hydrogen-bond acceptors (Lipinski definition) is 4. The number of thiophene rings is 1. The molecule has 1 amide bonds. The van der Waals surface area contributed by atoms with Crippen molar-refractivity contribution in [2.75, 3.05) is 12.4 Å². The fourth-order valence-electron chi connectivity index (χ4n) is 2.66. The monoisotopic (exact) mass is 383 g/mol. The number of ether oxygens (including phenoxy) is 1. The molecule has 3 aromatic heterocycles. The van der Waals surface area contributed by atoms with Crippen molar-refractivity contribution in [1.82, 2.24) is 9.38 Å². The smallest absolute Gasteiger partial charge is 0.265 e. The summed E-state index contributed by atoms with van der Waals surface area (Å²) in [5.74, 6) is 0.348. The molecule has 3 heterocycles. The number of fused-ring (bicyclic) bond motifs is 1. The summed E-state index contributed by atoms with van der Waals surface area (Å²) in [5.41, 5.74) is 3.14. The Bertz CT molecular complexity index is 1070. The number of carbonyl (C=O) groups excluding carboxylic acids is 1. The lowest BCUT2D eigenvalue weighted by Gasteiger charge is -2.11. The van der Waals surface area contributed by atoms with Crippen LogP contribution in [0.15, 0.2) is 60.9 Å². The van der Waals surface area contributed by atoms with E-state index in [2.05, 4.69) is 10.3 Å². The molecule has 0 aliphatic rings. The molecule has 4 aromatic rings. The lowest BCUT2D eigenvalue weighted by atomic mass is 10.1. The van der Waals surface area contributed by atoms with Gasteiger partial charge in [0.1, 0.15) is 11.4 Å². The van der Waals surface area contributed by atoms with Crippen LogP contribution < -0.4 is 10.1 Å². The maximum absolute atomic E-state index is 12.4. The van der Waals surface area contributed by atoms with E-state index >= 15 is 0 Å². The fraction of sp³-hybridized carbons (Fsp3) is 0.0526. The number of hydrogen-bond donors (Lipinski definition) is 1. The first-order chi connectivity index (χ1) is 12.6. The molecular formula is C19H14ClN3O2S. The quantitative estimate of drug-likeness (QED) is 0.541. The highest BCUT2D eigenvalue weighted by Crippen LogP contribution is 2.31. The second-order valence-corrected chi connectivity index (χ2v) is 7.28. The number of pyridine rings is 1. The van der Waals surface area contributed by atoms with Crippen LogP contribution >= 0.6 is 22.9 Å². The number of imidazole rings is 1. The number of carbonyl (C=O) groups is 1. The summed E-state index contributed by atoms with van der Waals surface area (Å²) >= 11 is 7.14. The van der Waals surface area contributed by atoms with E-state index in [4.69, 9.17) is 16.3 Å². The van der Waals surface area contributed by atoms with Gasteiger partial charge in [0.2, 0.25) is 0 Å². The van der Waals surface area contributed by atoms with Gasteiger partial charge in [0.05, 0.1) is 27.7 Å². The van der Waals surface area contributed by atoms with E-state index in [1.54, 1.807) is 19.2 Å². The molecule has 26 heavy (non-hydrogen) atoms. The third-order valence-corrected chi connectivity index (χ3v) is 5.13. The molecule has 0 spiro atoms. The molecule has 0 aliphatic heterocycles. The molecule has 0 bridgehead atoms. The third kappa shape index (κ3) is 3.16. The molecule has 7 heteroatoms. The van der Waals surface area contributed by atoms with Gasteiger partial charge in [0.15, 0.2) is 0 Å². The van der Waals surface area contributed by atoms with Crippen molar-refractivity contribution in [2.45, 2.75) is 0 Å². The highest BCUT2D eigenvalue weighted by molar-refractivity contribution is 7.18. The minimum Gasteiger partial charge on any atom is -0.495 e. The predicted molar refractivity (Wildman–Crippen MR) is 104 cm³/mol. The minimum absolute atomic E-state index is 0.229. The normalized spacial score (nSPS) is 10.8. The van der Waals surface area contributed by atoms with Gasteiger partial charge in [-0.15, -0.1) is 11.3 Å². The zero-order valence-corrected chi connectivity index (χ0v) is 15.3. The van der Waals surface area contributed by atoms with Crippen LogP contribution in [0.25, 0.3) is 16.9 Å². The van der Waals surface area contributed by atoms with Gasteiger partial charge >= 0.3 is 0 Å². The molecule has 0 aliphatic carbocycles. The van der Waals surface area contributed by atoms with E-state index in [-0.39, 0.29) is 5.91 Å². The number of anilines is 1. The largest absolute Gasteiger partial charge is 0.495 e. The Kier molecular flexibility index (Phi) is 4.36. The Morgan fingerprint density at radius 3 is 2.85 bits per heavy atom. The lowest BCUT2D eigenvalue weighted by Crippen LogP contribution is -2.11. The molecule has 0 saturated carbocycles. The van der Waals surface area contributed by atoms with E-state index < -0.39 is 0 Å². The van der Waals surface area contributed by atoms with Crippen LogP contribution in [0.4, 0.5) is 5.69 Å². The molecule has 5 nitrogen and oxygen atoms in total. The Balaban J connectivity index is 1.69. The molecular weight excluding hydrogens is 370 g/mol. The first kappa shape index (κ1) is 16.6. The van der Waals surface area contributed by atoms with Crippen molar-refractivity contribution in [3.05, 3.63) is 70.1 Å². The highest BCUT2D eigenvalue weighted by Gasteiger charge is 2.14. The zero-order chi connectivity index (χ0) is 18.1. The predicted octanol–water partition coefficient (Wildman–Crippen LogP) is 4.98. The van der Waals surface area contributed by atoms with Crippen LogP contribution in [0.2, 0.25) is 4.34 Å². The summed E-state index contributed by atoms with van der Waals surface area (Å²) in [6.45, 7) is 0. The van der Waals surface area contributed by atoms with Gasteiger partial charge in [0.25, 0.3) is 5.91 Å². The van der Waals surface area contributed by atoms with Gasteiger partial charge < -0.3 is 14.5 Å². The number of nitrogens with zero attached hydrogens (tertiary/aromatic N) is 2. The van der Waals surface area contributed by atoms with Gasteiger partial charge in [0, 0.05) is 18.0 Å². The first-order valence-corrected chi connectivity index (χ1v) is 9.02. The highest BCUT2D eigenvalue weighted by atomic mass is 35.5. The van der Waals surface area contributed by atoms with Gasteiger partial charge in [-0.1, -0.05) is 17.7 Å². The van der Waals surface area contributed by atoms with Crippen LogP contribution in [-0.2, 0) is 0 Å². The maximum Gasteiger partial charge on any atom is 0.265 e. The summed E-state index contributed by atoms with van der Waals surface area (Å²) in [7, 11) is 1.57. The van der Waals surface area contributed by atoms with E-state index in [1.165, 1.54) is 11.3 Å². The Morgan fingerprint density at radius 1 is 1.23 bits per heavy atom. The van der Waals surface area contributed by atoms with Crippen LogP contribution in [0.1, 0.15) is 9.67 Å². The van der Waals surface area contributed by atoms with Crippen LogP contribution in [-0.4, -0.2) is 22.4 Å². The SMILES string of the molecule is COc1ccc(-c2cn3ccccc3n2)cc1NC(=O)c1ccc(Cl)s1. The van der Waals surface area contributed by atoms with Crippen molar-refractivity contribution in [1.29, 1.82) is 0 Å². The van der Waals surface area contributed by atoms with Gasteiger partial charge in [-0.25, -0.2) is 4.98 Å². The van der Waals surface area contributed by atoms with Crippen LogP contribution in [0, 0.1) is 0 Å². The lowest BCUT2D eigenvalue weighted by molar-refractivity contribution is 0.103. The van der Waals surface area contributed by atoms with Gasteiger partial charge in [-0.3, -0.25) is 4.79 Å². The standard InChI is InChI=1S/C19H14ClN3O2S/c1-25-15-6-5-12(14-11-23-9-3-2-4-18(23)21-14)10-13(15)22-19(24)16-7-8-17(20)26-16/h2-11H,1H3,(H,22,24). The van der Waals surface area contributed by atoms with E-state index in [0.29, 0.717) is 20.7 Å². The average Bonchev–Trinajstić information content (AvgIpc) is 3.27. The minimum atomic E-state index is -0.229. The number of rotatable bonds is 4. The topological polar surface area (TPSA) is 55.6 Å². The molecule has 130 valence electrons. The Morgan fingerprint density at radius 2 is 2.12 bits per heavy atom. The van der Waals surface area contributed by atoms with Crippen molar-refractivity contribution >= 4 is 40.2 Å². The number of halogens is 1. The third-order valence-electron chi connectivity index (χ3n) is 3.90. The maximum atomic E-state index is 12.4. The molecule has 0 unspecified atom stereocenters. The molecule has 0 saturated heterocycles. The molecule has 0 atom stereocenters. The van der Waals surface area contributed by atoms with E-state index in [1.807, 2.05) is 53.2 Å². The summed E-state index contributed by atoms with van der Waals surface area (Å²) in [6.07, 6.45) is 3.89. The van der Waals surface area contributed by atoms with Crippen LogP contribution in [0.3, 0.4) is 0 Å². The Labute approximate surface area is 158 Å². The zero-order valence-electron chi connectivity index (χ0n) is 13.8. The Hall–Kier alpha value is -2.83. The number of aromatic nitrogens is 2. The molecule has 0 radical (unpaired) electrons. The summed E-state index contributed by atoms with van der Waals surface area (Å²) in [4.78, 5) is 17.6. The average molecular weight is 384 g/mol. The number of amides is 1. The number of nitrogens with one attached hydrogen (secondary N) is 1. The van der Waals surface area contributed by atoms with Gasteiger partial charge in [-0.05, 0) is 42.5 Å². The summed E-state index contributed by atoms with van der Waals surface area (Å²) in [5, 5.41) is 2.89. The van der Waals surface area contributed by atoms with Gasteiger partial charge in [-0.2, -0.15) is 0 Å². The van der Waals surface area contributed by atoms with E-state index in [0.717, 1.165) is 16.9 Å². The van der Waals surface area contributed by atoms with Crippen LogP contribution in [0.5, 0.6) is 5.75 Å². The van der Waals surface area contributed by atoms with Crippen molar-refractivity contribution < 1.29 is 9.53 Å². The number of methoxy groups -OCH3 is 1. The second kappa shape index (κ2) is 6.82. The van der Waals surface area contributed by atoms with E-state index in [9.17, 15) is 4.79 Å². The second-order valence-electron chi connectivity index (χ2n) is 5.57. The fourth-order valence-corrected chi connectivity index (χ4v) is 3.60. The van der Waals surface area contributed by atoms with Crippen molar-refractivity contribution in [3.8, 4) is 17.0 Å². The summed E-state index contributed by atoms with van der Waals surface area (Å²) in [6, 6.07) is 14.8. The summed E-state index contributed by atoms with van der Waals surface area (Å²) < 4.78 is 7.89. The molecule has 1 aromatic carbocycles. The first-order valence-electron chi connectivity index (χ1n) is 7.83. The molecule has 0 fully saturated rings. The molecule has 1 N–H and O–H groups in total. The molecule has 4 rings (SSSR count). The van der Waals surface area contributed by atoms with Crippen molar-refractivity contribution in [3.63, 3.8) is 0 Å². The number of benzene rings is 1. The van der Waals surface area contributed by atoms with Crippen molar-refractivity contribution in [2.24, 2.45) is 0 Å².